The predicted octanol–water partition coefficient (Wildman–Crippen LogP) is 2.93. The molecule has 0 aromatic rings. The Morgan fingerprint density at radius 2 is 1.86 bits per heavy atom. The summed E-state index contributed by atoms with van der Waals surface area (Å²) in [6, 6.07) is 0.915. The Labute approximate surface area is 133 Å². The highest BCUT2D eigenvalue weighted by atomic mass is 32.2. The highest BCUT2D eigenvalue weighted by Gasteiger charge is 2.51. The molecule has 1 atom stereocenters. The summed E-state index contributed by atoms with van der Waals surface area (Å²) in [5, 5.41) is 0. The minimum absolute atomic E-state index is 0.517. The Morgan fingerprint density at radius 3 is 2.62 bits per heavy atom. The molecule has 0 aromatic carbocycles. The van der Waals surface area contributed by atoms with Gasteiger partial charge in [0.1, 0.15) is 0 Å². The van der Waals surface area contributed by atoms with E-state index in [1.165, 1.54) is 63.8 Å². The van der Waals surface area contributed by atoms with Crippen molar-refractivity contribution in [3.63, 3.8) is 0 Å². The van der Waals surface area contributed by atoms with Gasteiger partial charge in [-0.05, 0) is 38.0 Å². The third-order valence-corrected chi connectivity index (χ3v) is 7.48. The van der Waals surface area contributed by atoms with Gasteiger partial charge >= 0.3 is 0 Å². The van der Waals surface area contributed by atoms with Gasteiger partial charge < -0.3 is 9.47 Å². The minimum Gasteiger partial charge on any atom is -0.381 e. The van der Waals surface area contributed by atoms with Gasteiger partial charge in [0.2, 0.25) is 0 Å². The molecular formula is C17H29NO2S. The minimum atomic E-state index is 0.517. The van der Waals surface area contributed by atoms with Crippen LogP contribution in [0, 0.1) is 5.92 Å². The fourth-order valence-electron chi connectivity index (χ4n) is 4.54. The van der Waals surface area contributed by atoms with E-state index < -0.39 is 0 Å². The second-order valence-electron chi connectivity index (χ2n) is 7.55. The summed E-state index contributed by atoms with van der Waals surface area (Å²) < 4.78 is 12.2. The van der Waals surface area contributed by atoms with Crippen molar-refractivity contribution in [3.05, 3.63) is 0 Å². The fourth-order valence-corrected chi connectivity index (χ4v) is 6.11. The molecule has 4 aliphatic rings. The van der Waals surface area contributed by atoms with Gasteiger partial charge in [0.25, 0.3) is 0 Å². The first-order chi connectivity index (χ1) is 10.3. The monoisotopic (exact) mass is 311 g/mol. The first-order valence-electron chi connectivity index (χ1n) is 8.90. The summed E-state index contributed by atoms with van der Waals surface area (Å²) in [5.74, 6) is 1.97. The quantitative estimate of drug-likeness (QED) is 0.796. The molecule has 3 aliphatic heterocycles. The molecule has 4 rings (SSSR count). The van der Waals surface area contributed by atoms with Crippen LogP contribution in [0.2, 0.25) is 0 Å². The van der Waals surface area contributed by atoms with Crippen LogP contribution < -0.4 is 0 Å². The van der Waals surface area contributed by atoms with Crippen LogP contribution in [0.25, 0.3) is 0 Å². The maximum atomic E-state index is 6.24. The number of hydrogen-bond acceptors (Lipinski definition) is 4. The Bertz CT molecular complexity index is 347. The van der Waals surface area contributed by atoms with Gasteiger partial charge in [-0.15, -0.1) is 11.8 Å². The predicted molar refractivity (Wildman–Crippen MR) is 86.9 cm³/mol. The maximum absolute atomic E-state index is 6.24. The molecule has 1 unspecified atom stereocenters. The lowest BCUT2D eigenvalue weighted by Gasteiger charge is -2.50. The largest absolute Gasteiger partial charge is 0.381 e. The average molecular weight is 311 g/mol. The number of rotatable bonds is 4. The van der Waals surface area contributed by atoms with Crippen LogP contribution in [0.15, 0.2) is 0 Å². The smallest absolute Gasteiger partial charge is 0.0680 e. The highest BCUT2D eigenvalue weighted by molar-refractivity contribution is 8.01. The lowest BCUT2D eigenvalue weighted by Crippen LogP contribution is -2.61. The van der Waals surface area contributed by atoms with Gasteiger partial charge in [-0.25, -0.2) is 0 Å². The molecule has 120 valence electrons. The molecule has 3 saturated heterocycles. The standard InChI is InChI=1S/C17H29NO2S/c1-2-4-15(3-1)18-12-17(13-18)9-16(11-21-17)20-10-14-5-7-19-8-6-14/h14-16H,1-13H2. The zero-order valence-corrected chi connectivity index (χ0v) is 13.9. The van der Waals surface area contributed by atoms with Gasteiger partial charge in [-0.2, -0.15) is 0 Å². The Balaban J connectivity index is 1.19. The third-order valence-electron chi connectivity index (χ3n) is 5.91. The summed E-state index contributed by atoms with van der Waals surface area (Å²) in [7, 11) is 0. The zero-order valence-electron chi connectivity index (χ0n) is 13.1. The summed E-state index contributed by atoms with van der Waals surface area (Å²) in [6.45, 7) is 5.51. The van der Waals surface area contributed by atoms with E-state index in [4.69, 9.17) is 9.47 Å². The molecule has 0 N–H and O–H groups in total. The SMILES string of the molecule is C1CCC(N2CC3(CC(OCC4CCOCC4)CS3)C2)C1. The molecule has 0 bridgehead atoms. The van der Waals surface area contributed by atoms with Gasteiger partial charge in [-0.1, -0.05) is 12.8 Å². The fraction of sp³-hybridized carbons (Fsp3) is 1.00. The van der Waals surface area contributed by atoms with Gasteiger partial charge in [0.15, 0.2) is 0 Å². The van der Waals surface area contributed by atoms with Crippen LogP contribution in [-0.2, 0) is 9.47 Å². The van der Waals surface area contributed by atoms with Crippen LogP contribution in [-0.4, -0.2) is 60.5 Å². The molecule has 1 spiro atoms. The maximum Gasteiger partial charge on any atom is 0.0680 e. The van der Waals surface area contributed by atoms with Crippen molar-refractivity contribution in [2.45, 2.75) is 61.8 Å². The van der Waals surface area contributed by atoms with Crippen LogP contribution in [0.3, 0.4) is 0 Å². The molecule has 0 amide bonds. The number of hydrogen-bond donors (Lipinski definition) is 0. The number of ether oxygens (including phenoxy) is 2. The molecule has 3 heterocycles. The Kier molecular flexibility index (Phi) is 4.50. The van der Waals surface area contributed by atoms with E-state index in [9.17, 15) is 0 Å². The van der Waals surface area contributed by atoms with Gasteiger partial charge in [-0.3, -0.25) is 4.90 Å². The molecule has 0 radical (unpaired) electrons. The van der Waals surface area contributed by atoms with Crippen molar-refractivity contribution in [2.24, 2.45) is 5.92 Å². The van der Waals surface area contributed by atoms with Gasteiger partial charge in [0.05, 0.1) is 6.10 Å². The van der Waals surface area contributed by atoms with Crippen molar-refractivity contribution in [1.82, 2.24) is 4.90 Å². The van der Waals surface area contributed by atoms with E-state index in [1.807, 2.05) is 0 Å². The lowest BCUT2D eigenvalue weighted by molar-refractivity contribution is -0.0161. The van der Waals surface area contributed by atoms with E-state index in [0.29, 0.717) is 10.9 Å². The zero-order chi connectivity index (χ0) is 14.1. The molecule has 4 heteroatoms. The summed E-state index contributed by atoms with van der Waals surface area (Å²) in [4.78, 5) is 2.75. The Morgan fingerprint density at radius 1 is 1.10 bits per heavy atom. The third kappa shape index (κ3) is 3.29. The van der Waals surface area contributed by atoms with E-state index in [2.05, 4.69) is 16.7 Å². The number of thioether (sulfide) groups is 1. The van der Waals surface area contributed by atoms with Crippen molar-refractivity contribution >= 4 is 11.8 Å². The summed E-state index contributed by atoms with van der Waals surface area (Å²) >= 11 is 2.20. The Hall–Kier alpha value is 0.230. The molecule has 1 aliphatic carbocycles. The molecule has 0 aromatic heterocycles. The van der Waals surface area contributed by atoms with E-state index in [-0.39, 0.29) is 0 Å². The van der Waals surface area contributed by atoms with Crippen molar-refractivity contribution in [1.29, 1.82) is 0 Å². The van der Waals surface area contributed by atoms with Gasteiger partial charge in [0, 0.05) is 49.5 Å². The molecule has 3 nitrogen and oxygen atoms in total. The normalized spacial score (nSPS) is 34.6. The number of likely N-dealkylation sites (tertiary alicyclic amines) is 1. The van der Waals surface area contributed by atoms with Crippen LogP contribution in [0.5, 0.6) is 0 Å². The van der Waals surface area contributed by atoms with Crippen molar-refractivity contribution < 1.29 is 9.47 Å². The second kappa shape index (κ2) is 6.38. The number of nitrogens with zero attached hydrogens (tertiary/aromatic N) is 1. The molecule has 21 heavy (non-hydrogen) atoms. The molecular weight excluding hydrogens is 282 g/mol. The summed E-state index contributed by atoms with van der Waals surface area (Å²) in [5.41, 5.74) is 0. The van der Waals surface area contributed by atoms with Crippen LogP contribution >= 0.6 is 11.8 Å². The van der Waals surface area contributed by atoms with Crippen molar-refractivity contribution in [3.8, 4) is 0 Å². The molecule has 1 saturated carbocycles. The van der Waals surface area contributed by atoms with Crippen molar-refractivity contribution in [2.75, 3.05) is 38.7 Å². The highest BCUT2D eigenvalue weighted by Crippen LogP contribution is 2.48. The topological polar surface area (TPSA) is 21.7 Å². The first-order valence-corrected chi connectivity index (χ1v) is 9.89. The van der Waals surface area contributed by atoms with E-state index >= 15 is 0 Å². The van der Waals surface area contributed by atoms with Crippen LogP contribution in [0.4, 0.5) is 0 Å². The average Bonchev–Trinajstić information content (AvgIpc) is 3.14. The van der Waals surface area contributed by atoms with Crippen LogP contribution in [0.1, 0.15) is 44.9 Å². The lowest BCUT2D eigenvalue weighted by atomic mass is 9.91. The van der Waals surface area contributed by atoms with E-state index in [0.717, 1.165) is 31.8 Å². The molecule has 4 fully saturated rings. The second-order valence-corrected chi connectivity index (χ2v) is 9.04. The first kappa shape index (κ1) is 14.8. The summed E-state index contributed by atoms with van der Waals surface area (Å²) in [6.07, 6.45) is 10.0. The van der Waals surface area contributed by atoms with E-state index in [1.54, 1.807) is 0 Å².